The van der Waals surface area contributed by atoms with Crippen molar-refractivity contribution in [1.29, 1.82) is 0 Å². The fourth-order valence-corrected chi connectivity index (χ4v) is 3.77. The van der Waals surface area contributed by atoms with Gasteiger partial charge in [0.2, 0.25) is 5.95 Å². The minimum absolute atomic E-state index is 0.101. The average molecular weight is 471 g/mol. The summed E-state index contributed by atoms with van der Waals surface area (Å²) in [6, 6.07) is 15.2. The van der Waals surface area contributed by atoms with E-state index < -0.39 is 11.7 Å². The standard InChI is InChI=1S/C27H33F3N4/c1-4-5-6-7-9-20-12-14-22(15-13-20)33-26-31-18-24(27(28,29)30)25(34-26)32-23-11-8-10-21(17-23)16-19(2)3/h8,10-15,17-19H,4-7,9,16H2,1-3H3,(H2,31,32,33,34). The van der Waals surface area contributed by atoms with Crippen molar-refractivity contribution in [3.05, 3.63) is 71.4 Å². The predicted molar refractivity (Wildman–Crippen MR) is 133 cm³/mol. The van der Waals surface area contributed by atoms with E-state index in [9.17, 15) is 13.2 Å². The second-order valence-electron chi connectivity index (χ2n) is 9.01. The van der Waals surface area contributed by atoms with Crippen molar-refractivity contribution >= 4 is 23.1 Å². The molecule has 0 aliphatic carbocycles. The van der Waals surface area contributed by atoms with Crippen LogP contribution in [0.1, 0.15) is 63.1 Å². The number of aryl methyl sites for hydroxylation is 1. The molecule has 0 amide bonds. The van der Waals surface area contributed by atoms with Gasteiger partial charge in [0.05, 0.1) is 0 Å². The first kappa shape index (κ1) is 25.5. The first-order valence-corrected chi connectivity index (χ1v) is 11.9. The Hall–Kier alpha value is -3.09. The highest BCUT2D eigenvalue weighted by Crippen LogP contribution is 2.35. The first-order chi connectivity index (χ1) is 16.2. The number of benzene rings is 2. The van der Waals surface area contributed by atoms with E-state index in [0.717, 1.165) is 36.7 Å². The van der Waals surface area contributed by atoms with E-state index in [4.69, 9.17) is 0 Å². The largest absolute Gasteiger partial charge is 0.421 e. The lowest BCUT2D eigenvalue weighted by Gasteiger charge is -2.16. The van der Waals surface area contributed by atoms with Crippen LogP contribution in [0.2, 0.25) is 0 Å². The maximum Gasteiger partial charge on any atom is 0.421 e. The summed E-state index contributed by atoms with van der Waals surface area (Å²) < 4.78 is 40.8. The molecule has 0 unspecified atom stereocenters. The van der Waals surface area contributed by atoms with Crippen molar-refractivity contribution in [1.82, 2.24) is 9.97 Å². The summed E-state index contributed by atoms with van der Waals surface area (Å²) in [5.41, 5.74) is 2.66. The maximum atomic E-state index is 13.6. The van der Waals surface area contributed by atoms with Gasteiger partial charge in [-0.2, -0.15) is 18.2 Å². The molecule has 0 aliphatic heterocycles. The SMILES string of the molecule is CCCCCCc1ccc(Nc2ncc(C(F)(F)F)c(Nc3cccc(CC(C)C)c3)n2)cc1. The van der Waals surface area contributed by atoms with E-state index in [1.54, 1.807) is 6.07 Å². The molecule has 0 bridgehead atoms. The van der Waals surface area contributed by atoms with Gasteiger partial charge in [-0.15, -0.1) is 0 Å². The molecule has 0 saturated carbocycles. The number of halogens is 3. The Labute approximate surface area is 200 Å². The molecule has 4 nitrogen and oxygen atoms in total. The van der Waals surface area contributed by atoms with Crippen LogP contribution in [0.4, 0.5) is 36.3 Å². The smallest absolute Gasteiger partial charge is 0.340 e. The molecule has 1 aromatic heterocycles. The lowest BCUT2D eigenvalue weighted by atomic mass is 10.0. The summed E-state index contributed by atoms with van der Waals surface area (Å²) in [6.45, 7) is 6.39. The number of unbranched alkanes of at least 4 members (excludes halogenated alkanes) is 3. The Balaban J connectivity index is 1.77. The fraction of sp³-hybridized carbons (Fsp3) is 0.407. The highest BCUT2D eigenvalue weighted by Gasteiger charge is 2.35. The summed E-state index contributed by atoms with van der Waals surface area (Å²) >= 11 is 0. The van der Waals surface area contributed by atoms with Crippen LogP contribution in [0.3, 0.4) is 0 Å². The van der Waals surface area contributed by atoms with Gasteiger partial charge in [-0.05, 0) is 60.6 Å². The van der Waals surface area contributed by atoms with E-state index in [2.05, 4.69) is 41.4 Å². The zero-order valence-electron chi connectivity index (χ0n) is 20.0. The Morgan fingerprint density at radius 1 is 0.882 bits per heavy atom. The van der Waals surface area contributed by atoms with Crippen molar-refractivity contribution in [2.45, 2.75) is 65.5 Å². The number of hydrogen-bond donors (Lipinski definition) is 2. The summed E-state index contributed by atoms with van der Waals surface area (Å²) in [5, 5.41) is 5.87. The van der Waals surface area contributed by atoms with E-state index in [1.165, 1.54) is 24.8 Å². The van der Waals surface area contributed by atoms with Crippen LogP contribution in [0.25, 0.3) is 0 Å². The van der Waals surface area contributed by atoms with E-state index in [-0.39, 0.29) is 11.8 Å². The van der Waals surface area contributed by atoms with Gasteiger partial charge in [0.15, 0.2) is 0 Å². The molecule has 1 heterocycles. The zero-order valence-corrected chi connectivity index (χ0v) is 20.0. The molecule has 0 radical (unpaired) electrons. The summed E-state index contributed by atoms with van der Waals surface area (Å²) in [6.07, 6.45) is 2.91. The van der Waals surface area contributed by atoms with Crippen LogP contribution < -0.4 is 10.6 Å². The summed E-state index contributed by atoms with van der Waals surface area (Å²) in [7, 11) is 0. The predicted octanol–water partition coefficient (Wildman–Crippen LogP) is 8.30. The van der Waals surface area contributed by atoms with Gasteiger partial charge in [0.25, 0.3) is 0 Å². The van der Waals surface area contributed by atoms with Gasteiger partial charge >= 0.3 is 6.18 Å². The van der Waals surface area contributed by atoms with Crippen molar-refractivity contribution in [3.8, 4) is 0 Å². The van der Waals surface area contributed by atoms with Crippen LogP contribution in [-0.4, -0.2) is 9.97 Å². The molecule has 0 atom stereocenters. The second-order valence-corrected chi connectivity index (χ2v) is 9.01. The minimum atomic E-state index is -4.57. The normalized spacial score (nSPS) is 11.6. The van der Waals surface area contributed by atoms with Gasteiger partial charge < -0.3 is 10.6 Å². The molecular formula is C27H33F3N4. The topological polar surface area (TPSA) is 49.8 Å². The Morgan fingerprint density at radius 2 is 1.65 bits per heavy atom. The lowest BCUT2D eigenvalue weighted by Crippen LogP contribution is -2.12. The van der Waals surface area contributed by atoms with Crippen LogP contribution in [0.5, 0.6) is 0 Å². The maximum absolute atomic E-state index is 13.6. The quantitative estimate of drug-likeness (QED) is 0.277. The molecule has 2 N–H and O–H groups in total. The van der Waals surface area contributed by atoms with Gasteiger partial charge in [0.1, 0.15) is 11.4 Å². The third-order valence-corrected chi connectivity index (χ3v) is 5.46. The zero-order chi connectivity index (χ0) is 24.6. The number of aromatic nitrogens is 2. The molecule has 0 saturated heterocycles. The molecule has 7 heteroatoms. The third kappa shape index (κ3) is 7.75. The van der Waals surface area contributed by atoms with Crippen LogP contribution in [0, 0.1) is 5.92 Å². The third-order valence-electron chi connectivity index (χ3n) is 5.46. The van der Waals surface area contributed by atoms with E-state index in [0.29, 0.717) is 11.6 Å². The summed E-state index contributed by atoms with van der Waals surface area (Å²) in [5.74, 6) is 0.266. The molecular weight excluding hydrogens is 437 g/mol. The number of rotatable bonds is 11. The molecule has 182 valence electrons. The highest BCUT2D eigenvalue weighted by molar-refractivity contribution is 5.63. The number of anilines is 4. The Kier molecular flexibility index (Phi) is 8.91. The molecule has 0 fully saturated rings. The van der Waals surface area contributed by atoms with E-state index >= 15 is 0 Å². The molecule has 0 spiro atoms. The first-order valence-electron chi connectivity index (χ1n) is 11.9. The molecule has 2 aromatic carbocycles. The number of hydrogen-bond acceptors (Lipinski definition) is 4. The Morgan fingerprint density at radius 3 is 2.32 bits per heavy atom. The number of nitrogens with zero attached hydrogens (tertiary/aromatic N) is 2. The van der Waals surface area contributed by atoms with Gasteiger partial charge in [-0.1, -0.05) is 64.3 Å². The molecule has 0 aliphatic rings. The molecule has 3 rings (SSSR count). The van der Waals surface area contributed by atoms with Crippen LogP contribution in [0.15, 0.2) is 54.7 Å². The van der Waals surface area contributed by atoms with Gasteiger partial charge in [-0.3, -0.25) is 0 Å². The summed E-state index contributed by atoms with van der Waals surface area (Å²) in [4.78, 5) is 8.07. The van der Waals surface area contributed by atoms with Crippen molar-refractivity contribution < 1.29 is 13.2 Å². The van der Waals surface area contributed by atoms with Crippen LogP contribution in [-0.2, 0) is 19.0 Å². The van der Waals surface area contributed by atoms with Crippen molar-refractivity contribution in [2.24, 2.45) is 5.92 Å². The van der Waals surface area contributed by atoms with E-state index in [1.807, 2.05) is 42.5 Å². The minimum Gasteiger partial charge on any atom is -0.340 e. The molecule has 3 aromatic rings. The highest BCUT2D eigenvalue weighted by atomic mass is 19.4. The number of alkyl halides is 3. The van der Waals surface area contributed by atoms with Crippen molar-refractivity contribution in [2.75, 3.05) is 10.6 Å². The van der Waals surface area contributed by atoms with Gasteiger partial charge in [-0.25, -0.2) is 4.98 Å². The lowest BCUT2D eigenvalue weighted by molar-refractivity contribution is -0.137. The second kappa shape index (κ2) is 11.9. The molecule has 34 heavy (non-hydrogen) atoms. The van der Waals surface area contributed by atoms with Gasteiger partial charge in [0, 0.05) is 17.6 Å². The van der Waals surface area contributed by atoms with Crippen LogP contribution >= 0.6 is 0 Å². The Bertz CT molecular complexity index is 1050. The monoisotopic (exact) mass is 470 g/mol. The van der Waals surface area contributed by atoms with Crippen molar-refractivity contribution in [3.63, 3.8) is 0 Å². The average Bonchev–Trinajstić information content (AvgIpc) is 2.77. The fourth-order valence-electron chi connectivity index (χ4n) is 3.77. The number of nitrogens with one attached hydrogen (secondary N) is 2.